The summed E-state index contributed by atoms with van der Waals surface area (Å²) in [7, 11) is 0. The van der Waals surface area contributed by atoms with E-state index in [0.717, 1.165) is 49.9 Å². The Labute approximate surface area is 271 Å². The number of furan rings is 1. The van der Waals surface area contributed by atoms with Gasteiger partial charge < -0.3 is 10.2 Å². The first-order chi connectivity index (χ1) is 22.5. The fraction of sp³-hybridized carbons (Fsp3) is 0.0714. The molecule has 222 valence electrons. The van der Waals surface area contributed by atoms with Crippen molar-refractivity contribution >= 4 is 65.0 Å². The maximum atomic E-state index is 6.61. The average molecular weight is 613 g/mol. The van der Waals surface area contributed by atoms with Gasteiger partial charge in [-0.25, -0.2) is 4.99 Å². The van der Waals surface area contributed by atoms with E-state index in [0.29, 0.717) is 5.84 Å². The second-order valence-electron chi connectivity index (χ2n) is 11.8. The van der Waals surface area contributed by atoms with E-state index in [4.69, 9.17) is 15.1 Å². The van der Waals surface area contributed by atoms with Crippen LogP contribution in [-0.4, -0.2) is 5.84 Å². The minimum atomic E-state index is 0.0688. The molecule has 0 aliphatic carbocycles. The van der Waals surface area contributed by atoms with E-state index in [1.165, 1.54) is 31.3 Å². The van der Waals surface area contributed by atoms with Gasteiger partial charge in [0.05, 0.1) is 5.70 Å². The summed E-state index contributed by atoms with van der Waals surface area (Å²) in [6.45, 7) is 4.46. The van der Waals surface area contributed by atoms with Crippen molar-refractivity contribution in [2.24, 2.45) is 10.7 Å². The minimum absolute atomic E-state index is 0.0688. The fourth-order valence-corrected chi connectivity index (χ4v) is 7.65. The van der Waals surface area contributed by atoms with Gasteiger partial charge in [0.1, 0.15) is 17.0 Å². The highest BCUT2D eigenvalue weighted by atomic mass is 32.1. The molecule has 0 fully saturated rings. The van der Waals surface area contributed by atoms with E-state index in [-0.39, 0.29) is 5.92 Å². The molecule has 2 N–H and O–H groups in total. The number of fused-ring (bicyclic) bond motifs is 6. The van der Waals surface area contributed by atoms with Crippen molar-refractivity contribution in [3.8, 4) is 11.1 Å². The molecule has 1 unspecified atom stereocenters. The van der Waals surface area contributed by atoms with Crippen LogP contribution in [0.15, 0.2) is 155 Å². The van der Waals surface area contributed by atoms with E-state index in [2.05, 4.69) is 105 Å². The van der Waals surface area contributed by atoms with E-state index in [9.17, 15) is 0 Å². The van der Waals surface area contributed by atoms with E-state index in [1.807, 2.05) is 59.9 Å². The van der Waals surface area contributed by atoms with Crippen molar-refractivity contribution in [2.75, 3.05) is 0 Å². The van der Waals surface area contributed by atoms with E-state index < -0.39 is 0 Å². The number of nitrogens with zero attached hydrogens (tertiary/aromatic N) is 1. The molecule has 0 saturated heterocycles. The van der Waals surface area contributed by atoms with E-state index >= 15 is 0 Å². The molecule has 8 aromatic rings. The van der Waals surface area contributed by atoms with Crippen molar-refractivity contribution < 1.29 is 4.42 Å². The fourth-order valence-electron chi connectivity index (χ4n) is 6.43. The third-order valence-electron chi connectivity index (χ3n) is 9.06. The molecule has 3 nitrogen and oxygen atoms in total. The summed E-state index contributed by atoms with van der Waals surface area (Å²) in [5.41, 5.74) is 16.0. The first-order valence-electron chi connectivity index (χ1n) is 15.6. The molecule has 6 aromatic carbocycles. The number of hydrogen-bond acceptors (Lipinski definition) is 3. The molecular formula is C42H32N2OS. The molecule has 1 atom stereocenters. The van der Waals surface area contributed by atoms with Crippen molar-refractivity contribution in [2.45, 2.75) is 19.8 Å². The molecule has 0 saturated carbocycles. The van der Waals surface area contributed by atoms with Crippen LogP contribution in [0.2, 0.25) is 0 Å². The Morgan fingerprint density at radius 1 is 0.652 bits per heavy atom. The zero-order chi connectivity index (χ0) is 31.2. The second-order valence-corrected chi connectivity index (χ2v) is 12.9. The summed E-state index contributed by atoms with van der Waals surface area (Å²) < 4.78 is 8.89. The first kappa shape index (κ1) is 28.1. The number of benzene rings is 6. The molecule has 0 spiro atoms. The smallest absolute Gasteiger partial charge is 0.136 e. The molecule has 0 aliphatic rings. The number of allylic oxidation sites excluding steroid dienone is 1. The lowest BCUT2D eigenvalue weighted by Gasteiger charge is -2.19. The quantitative estimate of drug-likeness (QED) is 0.150. The lowest BCUT2D eigenvalue weighted by atomic mass is 9.87. The van der Waals surface area contributed by atoms with Gasteiger partial charge in [-0.1, -0.05) is 110 Å². The largest absolute Gasteiger partial charge is 0.456 e. The Morgan fingerprint density at radius 2 is 1.30 bits per heavy atom. The molecule has 0 amide bonds. The SMILES string of the molecule is C/C(=C(/N=C(N)c1ccccc1)c1ccccc1)C(C)c1cc(-c2ccc3c(c2)oc2ccccc23)c2sc3ccccc3c2c1. The highest BCUT2D eigenvalue weighted by molar-refractivity contribution is 7.26. The normalized spacial score (nSPS) is 13.5. The third kappa shape index (κ3) is 4.88. The zero-order valence-electron chi connectivity index (χ0n) is 25.7. The predicted molar refractivity (Wildman–Crippen MR) is 197 cm³/mol. The van der Waals surface area contributed by atoms with Gasteiger partial charge in [0.15, 0.2) is 0 Å². The van der Waals surface area contributed by atoms with Crippen LogP contribution in [-0.2, 0) is 0 Å². The van der Waals surface area contributed by atoms with Gasteiger partial charge in [0.25, 0.3) is 0 Å². The van der Waals surface area contributed by atoms with Crippen LogP contribution in [0.4, 0.5) is 0 Å². The van der Waals surface area contributed by atoms with Crippen LogP contribution in [0.5, 0.6) is 0 Å². The molecule has 0 radical (unpaired) electrons. The molecule has 4 heteroatoms. The Hall–Kier alpha value is -5.45. The Bertz CT molecular complexity index is 2450. The second kappa shape index (κ2) is 11.5. The van der Waals surface area contributed by atoms with Crippen LogP contribution >= 0.6 is 11.3 Å². The predicted octanol–water partition coefficient (Wildman–Crippen LogP) is 11.6. The number of rotatable bonds is 6. The van der Waals surface area contributed by atoms with Crippen LogP contribution in [0.25, 0.3) is 58.9 Å². The monoisotopic (exact) mass is 612 g/mol. The summed E-state index contributed by atoms with van der Waals surface area (Å²) in [6.07, 6.45) is 0. The lowest BCUT2D eigenvalue weighted by Crippen LogP contribution is -2.14. The number of aliphatic imine (C=N–C) groups is 1. The molecule has 46 heavy (non-hydrogen) atoms. The Kier molecular flexibility index (Phi) is 7.00. The van der Waals surface area contributed by atoms with Crippen LogP contribution < -0.4 is 5.73 Å². The highest BCUT2D eigenvalue weighted by Crippen LogP contribution is 2.44. The number of hydrogen-bond donors (Lipinski definition) is 1. The lowest BCUT2D eigenvalue weighted by molar-refractivity contribution is 0.669. The van der Waals surface area contributed by atoms with Crippen LogP contribution in [0.3, 0.4) is 0 Å². The molecule has 8 rings (SSSR count). The summed E-state index contributed by atoms with van der Waals surface area (Å²) in [4.78, 5) is 5.06. The summed E-state index contributed by atoms with van der Waals surface area (Å²) >= 11 is 1.85. The maximum Gasteiger partial charge on any atom is 0.136 e. The Morgan fingerprint density at radius 3 is 2.09 bits per heavy atom. The third-order valence-corrected chi connectivity index (χ3v) is 10.3. The van der Waals surface area contributed by atoms with Crippen molar-refractivity contribution in [1.82, 2.24) is 0 Å². The van der Waals surface area contributed by atoms with Gasteiger partial charge in [-0.15, -0.1) is 11.3 Å². The van der Waals surface area contributed by atoms with Crippen molar-refractivity contribution in [1.29, 1.82) is 0 Å². The van der Waals surface area contributed by atoms with Gasteiger partial charge in [0, 0.05) is 48.0 Å². The maximum absolute atomic E-state index is 6.61. The highest BCUT2D eigenvalue weighted by Gasteiger charge is 2.20. The van der Waals surface area contributed by atoms with Crippen LogP contribution in [0.1, 0.15) is 36.5 Å². The molecule has 0 aliphatic heterocycles. The summed E-state index contributed by atoms with van der Waals surface area (Å²) in [5.74, 6) is 0.574. The number of para-hydroxylation sites is 1. The van der Waals surface area contributed by atoms with Gasteiger partial charge in [-0.05, 0) is 65.6 Å². The molecular weight excluding hydrogens is 581 g/mol. The molecule has 2 heterocycles. The zero-order valence-corrected chi connectivity index (χ0v) is 26.5. The van der Waals surface area contributed by atoms with Gasteiger partial charge in [0.2, 0.25) is 0 Å². The topological polar surface area (TPSA) is 51.5 Å². The van der Waals surface area contributed by atoms with Gasteiger partial charge in [-0.2, -0.15) is 0 Å². The standard InChI is InChI=1S/C42H32N2OS/c1-26(27(2)40(28-13-5-3-6-14-28)44-42(43)29-15-7-4-8-16-29)31-23-35(41-36(24-31)34-18-10-12-20-39(34)46-41)30-21-22-33-32-17-9-11-19-37(32)45-38(33)25-30/h3-26H,1-2H3,(H2,43,44)/b40-27-. The number of amidine groups is 1. The summed E-state index contributed by atoms with van der Waals surface area (Å²) in [6, 6.07) is 48.6. The van der Waals surface area contributed by atoms with Crippen LogP contribution in [0, 0.1) is 0 Å². The Balaban J connectivity index is 1.33. The van der Waals surface area contributed by atoms with Crippen molar-refractivity contribution in [3.63, 3.8) is 0 Å². The average Bonchev–Trinajstić information content (AvgIpc) is 3.68. The summed E-state index contributed by atoms with van der Waals surface area (Å²) in [5, 5.41) is 4.82. The number of thiophene rings is 1. The number of nitrogens with two attached hydrogens (primary N) is 1. The molecule has 0 bridgehead atoms. The minimum Gasteiger partial charge on any atom is -0.456 e. The van der Waals surface area contributed by atoms with E-state index in [1.54, 1.807) is 0 Å². The van der Waals surface area contributed by atoms with Gasteiger partial charge in [-0.3, -0.25) is 0 Å². The van der Waals surface area contributed by atoms with Gasteiger partial charge >= 0.3 is 0 Å². The first-order valence-corrected chi connectivity index (χ1v) is 16.4. The van der Waals surface area contributed by atoms with Crippen molar-refractivity contribution in [3.05, 3.63) is 162 Å². The molecule has 2 aromatic heterocycles.